The third-order valence-corrected chi connectivity index (χ3v) is 5.36. The van der Waals surface area contributed by atoms with Gasteiger partial charge in [0.1, 0.15) is 0 Å². The van der Waals surface area contributed by atoms with Crippen LogP contribution in [0.4, 0.5) is 0 Å². The van der Waals surface area contributed by atoms with Gasteiger partial charge < -0.3 is 7.43 Å². The van der Waals surface area contributed by atoms with Crippen molar-refractivity contribution < 1.29 is 13.5 Å². The van der Waals surface area contributed by atoms with Crippen molar-refractivity contribution in [1.82, 2.24) is 19.9 Å². The van der Waals surface area contributed by atoms with E-state index in [0.29, 0.717) is 0 Å². The van der Waals surface area contributed by atoms with Crippen molar-refractivity contribution in [2.75, 3.05) is 0 Å². The largest absolute Gasteiger partial charge is 0.358 e. The van der Waals surface area contributed by atoms with Crippen LogP contribution in [0.5, 0.6) is 0 Å². The molecule has 0 spiro atoms. The van der Waals surface area contributed by atoms with Gasteiger partial charge in [0.2, 0.25) is 0 Å². The Morgan fingerprint density at radius 2 is 0.806 bits per heavy atom. The third-order valence-electron chi connectivity index (χ3n) is 3.57. The molecule has 0 aliphatic carbocycles. The van der Waals surface area contributed by atoms with Crippen molar-refractivity contribution in [3.05, 3.63) is 112 Å². The maximum Gasteiger partial charge on any atom is 0.0273 e. The minimum Gasteiger partial charge on any atom is -0.358 e. The average Bonchev–Trinajstić information content (AvgIpc) is 2.82. The molecule has 0 atom stereocenters. The van der Waals surface area contributed by atoms with Crippen LogP contribution in [-0.4, -0.2) is 24.2 Å². The van der Waals surface area contributed by atoms with Crippen LogP contribution in [0.25, 0.3) is 22.3 Å². The summed E-state index contributed by atoms with van der Waals surface area (Å²) in [6.45, 7) is 1.85. The molecule has 4 rings (SSSR count). The topological polar surface area (TPSA) is 51.6 Å². The average molecular weight is 539 g/mol. The van der Waals surface area contributed by atoms with Gasteiger partial charge in [0, 0.05) is 49.6 Å². The van der Waals surface area contributed by atoms with E-state index in [-0.39, 0.29) is 7.43 Å². The molecule has 4 nitrogen and oxygen atoms in total. The van der Waals surface area contributed by atoms with Crippen molar-refractivity contribution in [1.29, 1.82) is 0 Å². The fourth-order valence-electron chi connectivity index (χ4n) is 2.25. The summed E-state index contributed by atoms with van der Waals surface area (Å²) < 4.78 is 2.76. The van der Waals surface area contributed by atoms with Crippen molar-refractivity contribution >= 4 is 23.6 Å². The van der Waals surface area contributed by atoms with E-state index in [2.05, 4.69) is 24.2 Å². The molecule has 162 valence electrons. The molecule has 0 fully saturated rings. The summed E-state index contributed by atoms with van der Waals surface area (Å²) in [5.41, 5.74) is 4.69. The summed E-state index contributed by atoms with van der Waals surface area (Å²) in [6.07, 6.45) is 16.0. The van der Waals surface area contributed by atoms with Crippen LogP contribution in [0.1, 0.15) is 6.92 Å². The second kappa shape index (κ2) is 16.2. The SMILES string of the molecule is CC=[C]=[Ru]([Cl])[Cl].[CH3-].c1cc(-c2ccncc2)ccn1.c1cc(-c2ccncc2)ccn1. The summed E-state index contributed by atoms with van der Waals surface area (Å²) >= 11 is -1.57. The van der Waals surface area contributed by atoms with E-state index >= 15 is 0 Å². The van der Waals surface area contributed by atoms with E-state index in [9.17, 15) is 0 Å². The summed E-state index contributed by atoms with van der Waals surface area (Å²) in [5.74, 6) is 0. The van der Waals surface area contributed by atoms with Crippen LogP contribution in [-0.2, 0) is 13.5 Å². The Morgan fingerprint density at radius 1 is 0.581 bits per heavy atom. The molecule has 0 aliphatic heterocycles. The van der Waals surface area contributed by atoms with E-state index in [1.54, 1.807) is 55.7 Å². The fraction of sp³-hybridized carbons (Fsp3) is 0.0417. The summed E-state index contributed by atoms with van der Waals surface area (Å²) in [5, 5.41) is 0. The monoisotopic (exact) mass is 539 g/mol. The molecule has 0 amide bonds. The number of aromatic nitrogens is 4. The first-order valence-corrected chi connectivity index (χ1v) is 14.2. The second-order valence-corrected chi connectivity index (χ2v) is 10.9. The van der Waals surface area contributed by atoms with E-state index in [1.807, 2.05) is 55.5 Å². The van der Waals surface area contributed by atoms with Crippen LogP contribution in [0, 0.1) is 7.43 Å². The predicted octanol–water partition coefficient (Wildman–Crippen LogP) is 6.63. The van der Waals surface area contributed by atoms with Gasteiger partial charge in [0.05, 0.1) is 0 Å². The Hall–Kier alpha value is -2.55. The smallest absolute Gasteiger partial charge is 0.0273 e. The van der Waals surface area contributed by atoms with Gasteiger partial charge in [-0.2, -0.15) is 0 Å². The van der Waals surface area contributed by atoms with Crippen LogP contribution < -0.4 is 0 Å². The van der Waals surface area contributed by atoms with Gasteiger partial charge in [-0.25, -0.2) is 0 Å². The van der Waals surface area contributed by atoms with Gasteiger partial charge in [0.25, 0.3) is 0 Å². The molecule has 4 aromatic heterocycles. The van der Waals surface area contributed by atoms with Gasteiger partial charge in [0.15, 0.2) is 0 Å². The Labute approximate surface area is 197 Å². The van der Waals surface area contributed by atoms with Gasteiger partial charge in [-0.3, -0.25) is 19.9 Å². The summed E-state index contributed by atoms with van der Waals surface area (Å²) in [6, 6.07) is 15.9. The van der Waals surface area contributed by atoms with Gasteiger partial charge in [-0.1, -0.05) is 0 Å². The quantitative estimate of drug-likeness (QED) is 0.212. The summed E-state index contributed by atoms with van der Waals surface area (Å²) in [4.78, 5) is 15.8. The number of hydrogen-bond acceptors (Lipinski definition) is 4. The number of pyridine rings is 4. The maximum atomic E-state index is 5.34. The van der Waals surface area contributed by atoms with Gasteiger partial charge in [-0.05, 0) is 70.8 Å². The molecule has 4 aromatic rings. The Balaban J connectivity index is 0.000000243. The van der Waals surface area contributed by atoms with E-state index in [4.69, 9.17) is 19.4 Å². The van der Waals surface area contributed by atoms with E-state index < -0.39 is 13.5 Å². The molecule has 0 aromatic carbocycles. The standard InChI is InChI=1S/2C10H8N2.C3H4.CH3.2ClH.Ru/c2*1-5-11-6-2-9(1)10-3-7-12-8-4-10;1-3-2;;;;/h2*1-8H;3H,1H3;1H3;2*1H;/q;;;-1;;;+2/p-2. The number of allylic oxidation sites excluding steroid dienone is 1. The molecule has 7 heteroatoms. The van der Waals surface area contributed by atoms with Crippen molar-refractivity contribution in [2.24, 2.45) is 0 Å². The Kier molecular flexibility index (Phi) is 13.8. The summed E-state index contributed by atoms with van der Waals surface area (Å²) in [7, 11) is 10.7. The normalized spacial score (nSPS) is 9.32. The minimum absolute atomic E-state index is 0. The molecule has 4 heterocycles. The molecule has 0 N–H and O–H groups in total. The van der Waals surface area contributed by atoms with Crippen molar-refractivity contribution in [3.63, 3.8) is 0 Å². The molecule has 0 radical (unpaired) electrons. The zero-order valence-corrected chi connectivity index (χ0v) is 20.5. The van der Waals surface area contributed by atoms with Crippen LogP contribution in [0.3, 0.4) is 0 Å². The minimum atomic E-state index is -1.57. The second-order valence-electron chi connectivity index (χ2n) is 5.52. The third kappa shape index (κ3) is 10.9. The first kappa shape index (κ1) is 26.5. The molecular formula is C24H23Cl2N4Ru-. The van der Waals surface area contributed by atoms with Gasteiger partial charge >= 0.3 is 50.2 Å². The molecule has 0 saturated heterocycles. The zero-order chi connectivity index (χ0) is 21.4. The molecule has 0 saturated carbocycles. The first-order valence-electron chi connectivity index (χ1n) is 8.85. The number of rotatable bonds is 2. The van der Waals surface area contributed by atoms with E-state index in [0.717, 1.165) is 0 Å². The van der Waals surface area contributed by atoms with Crippen molar-refractivity contribution in [3.8, 4) is 22.3 Å². The van der Waals surface area contributed by atoms with Crippen LogP contribution in [0.2, 0.25) is 0 Å². The zero-order valence-electron chi connectivity index (χ0n) is 17.2. The molecular weight excluding hydrogens is 516 g/mol. The molecule has 31 heavy (non-hydrogen) atoms. The maximum absolute atomic E-state index is 5.34. The molecule has 0 unspecified atom stereocenters. The first-order chi connectivity index (χ1) is 14.7. The molecule has 0 aliphatic rings. The number of hydrogen-bond donors (Lipinski definition) is 0. The van der Waals surface area contributed by atoms with Gasteiger partial charge in [-0.15, -0.1) is 0 Å². The fourth-order valence-corrected chi connectivity index (χ4v) is 3.55. The van der Waals surface area contributed by atoms with Crippen LogP contribution >= 0.6 is 19.4 Å². The Morgan fingerprint density at radius 3 is 0.935 bits per heavy atom. The number of halogens is 2. The van der Waals surface area contributed by atoms with Crippen molar-refractivity contribution in [2.45, 2.75) is 6.92 Å². The Bertz CT molecular complexity index is 888. The predicted molar refractivity (Wildman–Crippen MR) is 128 cm³/mol. The number of nitrogens with zero attached hydrogens (tertiary/aromatic N) is 4. The molecule has 0 bridgehead atoms. The van der Waals surface area contributed by atoms with E-state index in [1.165, 1.54) is 22.3 Å². The van der Waals surface area contributed by atoms with Crippen LogP contribution in [0.15, 0.2) is 104 Å².